The standard InChI is InChI=1S/C20H22/c1-2-6-15(7-3-1)12-17-8-4-5-9-19(17)20-14-16-10-11-18(20)13-16/h1-9,16,18,20H,10-14H2. The fourth-order valence-electron chi connectivity index (χ4n) is 4.50. The second-order valence-corrected chi connectivity index (χ2v) is 6.64. The van der Waals surface area contributed by atoms with Gasteiger partial charge in [0.25, 0.3) is 0 Å². The summed E-state index contributed by atoms with van der Waals surface area (Å²) >= 11 is 0. The molecule has 0 radical (unpaired) electrons. The Bertz CT molecular complexity index is 584. The fraction of sp³-hybridized carbons (Fsp3) is 0.400. The molecule has 20 heavy (non-hydrogen) atoms. The molecule has 2 aromatic rings. The minimum absolute atomic E-state index is 0.841. The van der Waals surface area contributed by atoms with Gasteiger partial charge >= 0.3 is 0 Å². The van der Waals surface area contributed by atoms with Crippen molar-refractivity contribution in [2.45, 2.75) is 38.0 Å². The Labute approximate surface area is 121 Å². The molecule has 2 aliphatic carbocycles. The van der Waals surface area contributed by atoms with Crippen LogP contribution in [0, 0.1) is 11.8 Å². The molecule has 2 fully saturated rings. The first kappa shape index (κ1) is 12.2. The van der Waals surface area contributed by atoms with Gasteiger partial charge in [-0.1, -0.05) is 61.0 Å². The molecule has 0 saturated heterocycles. The van der Waals surface area contributed by atoms with Crippen LogP contribution in [-0.4, -0.2) is 0 Å². The topological polar surface area (TPSA) is 0 Å². The third-order valence-electron chi connectivity index (χ3n) is 5.43. The van der Waals surface area contributed by atoms with E-state index in [1.165, 1.54) is 31.2 Å². The molecule has 2 saturated carbocycles. The van der Waals surface area contributed by atoms with Gasteiger partial charge in [-0.25, -0.2) is 0 Å². The second kappa shape index (κ2) is 5.09. The van der Waals surface area contributed by atoms with Crippen molar-refractivity contribution in [3.63, 3.8) is 0 Å². The van der Waals surface area contributed by atoms with Crippen molar-refractivity contribution in [2.75, 3.05) is 0 Å². The molecule has 0 nitrogen and oxygen atoms in total. The van der Waals surface area contributed by atoms with Crippen LogP contribution in [0.15, 0.2) is 54.6 Å². The molecule has 0 spiro atoms. The van der Waals surface area contributed by atoms with E-state index in [-0.39, 0.29) is 0 Å². The molecule has 0 N–H and O–H groups in total. The zero-order chi connectivity index (χ0) is 13.4. The maximum absolute atomic E-state index is 2.39. The minimum Gasteiger partial charge on any atom is -0.0622 e. The summed E-state index contributed by atoms with van der Waals surface area (Å²) in [6.07, 6.45) is 6.97. The Kier molecular flexibility index (Phi) is 3.10. The highest BCUT2D eigenvalue weighted by Gasteiger charge is 2.40. The maximum Gasteiger partial charge on any atom is -0.00229 e. The highest BCUT2D eigenvalue weighted by molar-refractivity contribution is 5.36. The highest BCUT2D eigenvalue weighted by atomic mass is 14.4. The predicted molar refractivity (Wildman–Crippen MR) is 83.9 cm³/mol. The predicted octanol–water partition coefficient (Wildman–Crippen LogP) is 5.18. The van der Waals surface area contributed by atoms with Crippen LogP contribution in [0.3, 0.4) is 0 Å². The molecule has 2 bridgehead atoms. The Morgan fingerprint density at radius 2 is 1.60 bits per heavy atom. The van der Waals surface area contributed by atoms with Crippen LogP contribution < -0.4 is 0 Å². The first-order chi connectivity index (χ1) is 9.90. The van der Waals surface area contributed by atoms with Gasteiger partial charge < -0.3 is 0 Å². The third kappa shape index (κ3) is 2.18. The molecular formula is C20H22. The monoisotopic (exact) mass is 262 g/mol. The average molecular weight is 262 g/mol. The Morgan fingerprint density at radius 3 is 2.35 bits per heavy atom. The minimum atomic E-state index is 0.841. The molecule has 0 amide bonds. The molecular weight excluding hydrogens is 240 g/mol. The largest absolute Gasteiger partial charge is 0.0622 e. The van der Waals surface area contributed by atoms with Gasteiger partial charge in [0.15, 0.2) is 0 Å². The van der Waals surface area contributed by atoms with E-state index < -0.39 is 0 Å². The van der Waals surface area contributed by atoms with Crippen LogP contribution >= 0.6 is 0 Å². The average Bonchev–Trinajstić information content (AvgIpc) is 3.12. The van der Waals surface area contributed by atoms with Crippen molar-refractivity contribution in [2.24, 2.45) is 11.8 Å². The van der Waals surface area contributed by atoms with E-state index in [1.807, 2.05) is 0 Å². The summed E-state index contributed by atoms with van der Waals surface area (Å²) in [5.74, 6) is 2.83. The second-order valence-electron chi connectivity index (χ2n) is 6.64. The zero-order valence-corrected chi connectivity index (χ0v) is 12.0. The molecule has 2 aromatic carbocycles. The van der Waals surface area contributed by atoms with Crippen LogP contribution in [0.1, 0.15) is 48.3 Å². The molecule has 3 unspecified atom stereocenters. The van der Waals surface area contributed by atoms with Crippen molar-refractivity contribution in [1.29, 1.82) is 0 Å². The summed E-state index contributed by atoms with van der Waals surface area (Å²) in [5.41, 5.74) is 4.63. The zero-order valence-electron chi connectivity index (χ0n) is 12.0. The Morgan fingerprint density at radius 1 is 0.800 bits per heavy atom. The maximum atomic E-state index is 2.39. The lowest BCUT2D eigenvalue weighted by atomic mass is 9.80. The summed E-state index contributed by atoms with van der Waals surface area (Å²) < 4.78 is 0. The van der Waals surface area contributed by atoms with Gasteiger partial charge in [-0.15, -0.1) is 0 Å². The van der Waals surface area contributed by atoms with E-state index in [0.29, 0.717) is 0 Å². The van der Waals surface area contributed by atoms with Gasteiger partial charge in [0, 0.05) is 0 Å². The quantitative estimate of drug-likeness (QED) is 0.715. The first-order valence-electron chi connectivity index (χ1n) is 8.02. The van der Waals surface area contributed by atoms with E-state index in [4.69, 9.17) is 0 Å². The summed E-state index contributed by atoms with van der Waals surface area (Å²) in [7, 11) is 0. The third-order valence-corrected chi connectivity index (χ3v) is 5.43. The SMILES string of the molecule is c1ccc(Cc2ccccc2C2CC3CCC2C3)cc1. The fourth-order valence-corrected chi connectivity index (χ4v) is 4.50. The van der Waals surface area contributed by atoms with Crippen LogP contribution in [0.5, 0.6) is 0 Å². The lowest BCUT2D eigenvalue weighted by Gasteiger charge is -2.24. The summed E-state index contributed by atoms with van der Waals surface area (Å²) in [5, 5.41) is 0. The molecule has 0 heteroatoms. The van der Waals surface area contributed by atoms with Crippen LogP contribution in [0.4, 0.5) is 0 Å². The van der Waals surface area contributed by atoms with E-state index in [1.54, 1.807) is 11.1 Å². The van der Waals surface area contributed by atoms with Crippen molar-refractivity contribution in [3.8, 4) is 0 Å². The molecule has 3 atom stereocenters. The molecule has 0 heterocycles. The van der Waals surface area contributed by atoms with Crippen molar-refractivity contribution >= 4 is 0 Å². The lowest BCUT2D eigenvalue weighted by Crippen LogP contribution is -2.11. The molecule has 102 valence electrons. The van der Waals surface area contributed by atoms with Gasteiger partial charge in [0.2, 0.25) is 0 Å². The summed E-state index contributed by atoms with van der Waals surface area (Å²) in [4.78, 5) is 0. The van der Waals surface area contributed by atoms with Crippen molar-refractivity contribution in [1.82, 2.24) is 0 Å². The number of hydrogen-bond acceptors (Lipinski definition) is 0. The number of benzene rings is 2. The summed E-state index contributed by atoms with van der Waals surface area (Å²) in [6.45, 7) is 0. The van der Waals surface area contributed by atoms with E-state index in [0.717, 1.165) is 24.2 Å². The van der Waals surface area contributed by atoms with Gasteiger partial charge in [0.05, 0.1) is 0 Å². The molecule has 0 aromatic heterocycles. The van der Waals surface area contributed by atoms with Gasteiger partial charge in [0.1, 0.15) is 0 Å². The van der Waals surface area contributed by atoms with Crippen LogP contribution in [0.25, 0.3) is 0 Å². The Balaban J connectivity index is 1.64. The normalized spacial score (nSPS) is 27.9. The van der Waals surface area contributed by atoms with Crippen LogP contribution in [0.2, 0.25) is 0 Å². The number of fused-ring (bicyclic) bond motifs is 2. The highest BCUT2D eigenvalue weighted by Crippen LogP contribution is 2.53. The molecule has 4 rings (SSSR count). The van der Waals surface area contributed by atoms with E-state index in [9.17, 15) is 0 Å². The summed E-state index contributed by atoms with van der Waals surface area (Å²) in [6, 6.07) is 20.1. The molecule has 0 aliphatic heterocycles. The van der Waals surface area contributed by atoms with Gasteiger partial charge in [-0.05, 0) is 60.1 Å². The van der Waals surface area contributed by atoms with Crippen LogP contribution in [-0.2, 0) is 6.42 Å². The number of rotatable bonds is 3. The first-order valence-corrected chi connectivity index (χ1v) is 8.02. The lowest BCUT2D eigenvalue weighted by molar-refractivity contribution is 0.418. The van der Waals surface area contributed by atoms with Gasteiger partial charge in [-0.3, -0.25) is 0 Å². The van der Waals surface area contributed by atoms with E-state index in [2.05, 4.69) is 54.6 Å². The van der Waals surface area contributed by atoms with Crippen molar-refractivity contribution in [3.05, 3.63) is 71.3 Å². The van der Waals surface area contributed by atoms with E-state index >= 15 is 0 Å². The van der Waals surface area contributed by atoms with Crippen molar-refractivity contribution < 1.29 is 0 Å². The molecule has 2 aliphatic rings. The number of hydrogen-bond donors (Lipinski definition) is 0. The Hall–Kier alpha value is -1.56. The smallest absolute Gasteiger partial charge is 0.00229 e. The van der Waals surface area contributed by atoms with Gasteiger partial charge in [-0.2, -0.15) is 0 Å².